The minimum Gasteiger partial charge on any atom is -0.481 e. The van der Waals surface area contributed by atoms with Crippen LogP contribution in [0.25, 0.3) is 0 Å². The third-order valence-electron chi connectivity index (χ3n) is 0.692. The highest BCUT2D eigenvalue weighted by Gasteiger charge is 1.91. The molecule has 0 saturated heterocycles. The second-order valence-corrected chi connectivity index (χ2v) is 1.75. The van der Waals surface area contributed by atoms with Crippen LogP contribution in [0, 0.1) is 11.3 Å². The Labute approximate surface area is 90.4 Å². The topological polar surface area (TPSA) is 124 Å². The van der Waals surface area contributed by atoms with Crippen LogP contribution in [0.4, 0.5) is 0 Å². The van der Waals surface area contributed by atoms with Crippen molar-refractivity contribution in [1.29, 1.82) is 5.26 Å². The number of rotatable bonds is 5. The van der Waals surface area contributed by atoms with Crippen molar-refractivity contribution in [2.24, 2.45) is 5.73 Å². The average molecular weight is 208 g/mol. The van der Waals surface area contributed by atoms with E-state index in [2.05, 4.69) is 0 Å². The maximum absolute atomic E-state index is 10.3. The van der Waals surface area contributed by atoms with Crippen molar-refractivity contribution in [2.45, 2.75) is 25.6 Å². The maximum Gasteiger partial charge on any atom is 0.304 e. The fourth-order valence-corrected chi connectivity index (χ4v) is 0.252. The molecule has 0 heterocycles. The van der Waals surface area contributed by atoms with Gasteiger partial charge in [0.25, 0.3) is 0 Å². The van der Waals surface area contributed by atoms with E-state index in [1.54, 1.807) is 6.07 Å². The van der Waals surface area contributed by atoms with E-state index >= 15 is 0 Å². The number of aliphatic carboxylic acids is 2. The molecule has 14 heavy (non-hydrogen) atoms. The van der Waals surface area contributed by atoms with Gasteiger partial charge in [-0.15, -0.1) is 0 Å². The lowest BCUT2D eigenvalue weighted by Crippen LogP contribution is -2.02. The summed E-state index contributed by atoms with van der Waals surface area (Å²) < 4.78 is 41.0. The van der Waals surface area contributed by atoms with Gasteiger partial charge in [-0.2, -0.15) is 5.26 Å². The molecular formula is C8H14N2O4. The van der Waals surface area contributed by atoms with Gasteiger partial charge in [0, 0.05) is 21.0 Å². The summed E-state index contributed by atoms with van der Waals surface area (Å²) in [4.78, 5) is 19.9. The molecule has 0 fully saturated rings. The first-order chi connectivity index (χ1) is 8.71. The van der Waals surface area contributed by atoms with Gasteiger partial charge in [-0.1, -0.05) is 0 Å². The van der Waals surface area contributed by atoms with Crippen molar-refractivity contribution >= 4 is 11.9 Å². The first kappa shape index (κ1) is 5.98. The molecule has 6 heteroatoms. The Balaban J connectivity index is 0. The minimum atomic E-state index is -3.37. The van der Waals surface area contributed by atoms with Crippen LogP contribution < -0.4 is 5.73 Å². The second-order valence-electron chi connectivity index (χ2n) is 1.75. The van der Waals surface area contributed by atoms with E-state index in [0.29, 0.717) is 0 Å². The smallest absolute Gasteiger partial charge is 0.304 e. The number of carboxylic acids is 2. The predicted octanol–water partition coefficient (Wildman–Crippen LogP) is 0.185. The number of hydrogen-bond donors (Lipinski definition) is 3. The van der Waals surface area contributed by atoms with Gasteiger partial charge in [0.05, 0.1) is 12.5 Å². The highest BCUT2D eigenvalue weighted by Crippen LogP contribution is 1.82. The molecule has 0 atom stereocenters. The molecular weight excluding hydrogens is 188 g/mol. The number of carboxylic acid groups (broad SMARTS) is 2. The summed E-state index contributed by atoms with van der Waals surface area (Å²) in [7, 11) is 0. The number of nitriles is 1. The van der Waals surface area contributed by atoms with Crippen molar-refractivity contribution in [3.05, 3.63) is 0 Å². The Morgan fingerprint density at radius 2 is 2.00 bits per heavy atom. The van der Waals surface area contributed by atoms with Crippen LogP contribution in [0.1, 0.15) is 33.8 Å². The number of hydrogen-bond acceptors (Lipinski definition) is 4. The van der Waals surface area contributed by atoms with Gasteiger partial charge in [0.2, 0.25) is 0 Å². The molecule has 0 aliphatic rings. The van der Waals surface area contributed by atoms with Gasteiger partial charge in [-0.05, 0) is 12.9 Å². The van der Waals surface area contributed by atoms with E-state index < -0.39 is 31.2 Å². The highest BCUT2D eigenvalue weighted by molar-refractivity contribution is 5.67. The molecule has 0 aromatic heterocycles. The molecule has 0 aromatic rings. The fraction of sp³-hybridized carbons (Fsp3) is 0.625. The highest BCUT2D eigenvalue weighted by atomic mass is 16.4. The van der Waals surface area contributed by atoms with Gasteiger partial charge in [0.15, 0.2) is 0 Å². The van der Waals surface area contributed by atoms with E-state index in [9.17, 15) is 9.59 Å². The average Bonchev–Trinajstić information content (AvgIpc) is 2.25. The summed E-state index contributed by atoms with van der Waals surface area (Å²) in [5.41, 5.74) is 4.69. The van der Waals surface area contributed by atoms with E-state index in [1.165, 1.54) is 0 Å². The molecule has 0 bridgehead atoms. The van der Waals surface area contributed by atoms with Crippen molar-refractivity contribution in [3.8, 4) is 6.07 Å². The largest absolute Gasteiger partial charge is 0.481 e. The van der Waals surface area contributed by atoms with Crippen LogP contribution in [0.3, 0.4) is 0 Å². The lowest BCUT2D eigenvalue weighted by molar-refractivity contribution is -0.138. The Hall–Kier alpha value is -1.61. The second kappa shape index (κ2) is 11.4. The van der Waals surface area contributed by atoms with Crippen molar-refractivity contribution < 1.29 is 28.0 Å². The van der Waals surface area contributed by atoms with Gasteiger partial charge < -0.3 is 15.9 Å². The molecule has 0 amide bonds. The maximum atomic E-state index is 10.3. The van der Waals surface area contributed by atoms with Crippen LogP contribution >= 0.6 is 0 Å². The van der Waals surface area contributed by atoms with Crippen LogP contribution in [0.2, 0.25) is 0 Å². The molecule has 0 unspecified atom stereocenters. The third kappa shape index (κ3) is 22.4. The summed E-state index contributed by atoms with van der Waals surface area (Å²) in [5, 5.41) is 24.0. The molecule has 4 N–H and O–H groups in total. The monoisotopic (exact) mass is 208 g/mol. The summed E-state index contributed by atoms with van der Waals surface area (Å²) in [6.07, 6.45) is -6.61. The number of carbonyl (C=O) groups is 2. The van der Waals surface area contributed by atoms with Gasteiger partial charge in [-0.25, -0.2) is 0 Å². The zero-order valence-corrected chi connectivity index (χ0v) is 7.15. The zero-order valence-electron chi connectivity index (χ0n) is 13.1. The molecule has 0 radical (unpaired) electrons. The normalized spacial score (nSPS) is 17.4. The molecule has 0 aliphatic heterocycles. The summed E-state index contributed by atoms with van der Waals surface area (Å²) in [5.74, 6) is -3.01. The Kier molecular flexibility index (Phi) is 4.87. The minimum absolute atomic E-state index is 0.0451. The van der Waals surface area contributed by atoms with Crippen LogP contribution in [-0.4, -0.2) is 28.6 Å². The number of nitrogens with two attached hydrogens (primary N) is 1. The summed E-state index contributed by atoms with van der Waals surface area (Å²) in [6, 6.07) is 1.72. The zero-order chi connectivity index (χ0) is 16.8. The molecule has 0 saturated carbocycles. The molecule has 0 aromatic carbocycles. The number of nitrogens with zero attached hydrogens (tertiary/aromatic N) is 1. The van der Waals surface area contributed by atoms with Crippen LogP contribution in [0.15, 0.2) is 0 Å². The van der Waals surface area contributed by atoms with Crippen molar-refractivity contribution in [2.75, 3.05) is 6.50 Å². The lowest BCUT2D eigenvalue weighted by atomic mass is 10.3. The fourth-order valence-electron chi connectivity index (χ4n) is 0.252. The van der Waals surface area contributed by atoms with Gasteiger partial charge >= 0.3 is 11.9 Å². The van der Waals surface area contributed by atoms with Crippen molar-refractivity contribution in [1.82, 2.24) is 0 Å². The molecule has 0 aliphatic carbocycles. The van der Waals surface area contributed by atoms with E-state index in [0.717, 1.165) is 0 Å². The van der Waals surface area contributed by atoms with E-state index in [1.807, 2.05) is 0 Å². The lowest BCUT2D eigenvalue weighted by Gasteiger charge is -1.86. The molecule has 80 valence electrons. The molecule has 0 spiro atoms. The summed E-state index contributed by atoms with van der Waals surface area (Å²) >= 11 is 0. The Morgan fingerprint density at radius 3 is 2.14 bits per heavy atom. The predicted molar refractivity (Wildman–Crippen MR) is 48.4 cm³/mol. The van der Waals surface area contributed by atoms with Gasteiger partial charge in [-0.3, -0.25) is 9.59 Å². The van der Waals surface area contributed by atoms with Crippen LogP contribution in [0.5, 0.6) is 0 Å². The standard InChI is InChI=1S/C4H9NO2.C4H5NO2/c2*5-3-1-2-4(6)7/h1-3,5H2,(H,6,7);1-2H2,(H,6,7)/i1D2,2D2,3D2;. The van der Waals surface area contributed by atoms with E-state index in [4.69, 9.17) is 29.4 Å². The third-order valence-corrected chi connectivity index (χ3v) is 0.692. The summed E-state index contributed by atoms with van der Waals surface area (Å²) in [6.45, 7) is -3.06. The molecule has 6 nitrogen and oxygen atoms in total. The molecule has 0 rings (SSSR count). The Bertz CT molecular complexity index is 401. The SMILES string of the molecule is N#CCCC(=O)O.[2H]C([2H])(N)C([2H])([2H])C([2H])([2H])C(=O)O. The quantitative estimate of drug-likeness (QED) is 0.592. The first-order valence-corrected chi connectivity index (χ1v) is 3.32. The van der Waals surface area contributed by atoms with Crippen molar-refractivity contribution in [3.63, 3.8) is 0 Å². The van der Waals surface area contributed by atoms with E-state index in [-0.39, 0.29) is 12.8 Å². The first-order valence-electron chi connectivity index (χ1n) is 6.32. The van der Waals surface area contributed by atoms with Gasteiger partial charge in [0.1, 0.15) is 0 Å². The van der Waals surface area contributed by atoms with Crippen LogP contribution in [-0.2, 0) is 9.59 Å². The Morgan fingerprint density at radius 1 is 1.43 bits per heavy atom.